The second-order valence-corrected chi connectivity index (χ2v) is 4.23. The summed E-state index contributed by atoms with van der Waals surface area (Å²) < 4.78 is 10.5. The van der Waals surface area contributed by atoms with Crippen molar-refractivity contribution >= 4 is 5.69 Å². The van der Waals surface area contributed by atoms with Crippen molar-refractivity contribution in [3.8, 4) is 11.5 Å². The first-order valence-corrected chi connectivity index (χ1v) is 5.77. The summed E-state index contributed by atoms with van der Waals surface area (Å²) in [4.78, 5) is 2.14. The number of hydrogen-bond acceptors (Lipinski definition) is 4. The van der Waals surface area contributed by atoms with Crippen molar-refractivity contribution in [1.82, 2.24) is 0 Å². The minimum absolute atomic E-state index is 0.210. The fraction of sp³-hybridized carbons (Fsp3) is 0.538. The molecule has 4 heteroatoms. The van der Waals surface area contributed by atoms with Gasteiger partial charge in [-0.1, -0.05) is 0 Å². The van der Waals surface area contributed by atoms with Crippen molar-refractivity contribution < 1.29 is 9.47 Å². The molecule has 1 unspecified atom stereocenters. The first-order valence-electron chi connectivity index (χ1n) is 5.77. The molecule has 17 heavy (non-hydrogen) atoms. The van der Waals surface area contributed by atoms with Crippen LogP contribution in [0.5, 0.6) is 11.5 Å². The van der Waals surface area contributed by atoms with E-state index in [0.29, 0.717) is 0 Å². The molecule has 0 fully saturated rings. The third kappa shape index (κ3) is 3.82. The standard InChI is InChI=1S/C13H22N2O2/c1-10(14)7-8-15(2)12-6-5-11(16-3)9-13(12)17-4/h5-6,9-10H,7-8,14H2,1-4H3. The van der Waals surface area contributed by atoms with Crippen LogP contribution in [0.15, 0.2) is 18.2 Å². The predicted octanol–water partition coefficient (Wildman–Crippen LogP) is 1.88. The molecule has 4 nitrogen and oxygen atoms in total. The highest BCUT2D eigenvalue weighted by molar-refractivity contribution is 5.60. The zero-order chi connectivity index (χ0) is 12.8. The molecule has 1 aromatic rings. The van der Waals surface area contributed by atoms with E-state index in [9.17, 15) is 0 Å². The lowest BCUT2D eigenvalue weighted by atomic mass is 10.2. The van der Waals surface area contributed by atoms with Crippen molar-refractivity contribution in [3.05, 3.63) is 18.2 Å². The van der Waals surface area contributed by atoms with Gasteiger partial charge in [-0.15, -0.1) is 0 Å². The molecule has 0 bridgehead atoms. The molecule has 0 saturated carbocycles. The van der Waals surface area contributed by atoms with Crippen LogP contribution in [-0.4, -0.2) is 33.9 Å². The normalized spacial score (nSPS) is 12.1. The molecule has 0 radical (unpaired) electrons. The molecule has 0 aliphatic rings. The van der Waals surface area contributed by atoms with E-state index < -0.39 is 0 Å². The molecule has 1 atom stereocenters. The fourth-order valence-corrected chi connectivity index (χ4v) is 1.62. The Bertz CT molecular complexity index is 353. The van der Waals surface area contributed by atoms with Gasteiger partial charge in [0.05, 0.1) is 19.9 Å². The van der Waals surface area contributed by atoms with E-state index in [-0.39, 0.29) is 6.04 Å². The number of nitrogens with two attached hydrogens (primary N) is 1. The Morgan fingerprint density at radius 1 is 1.29 bits per heavy atom. The summed E-state index contributed by atoms with van der Waals surface area (Å²) in [6.07, 6.45) is 0.950. The van der Waals surface area contributed by atoms with E-state index in [1.165, 1.54) is 0 Å². The number of ether oxygens (including phenoxy) is 2. The van der Waals surface area contributed by atoms with Crippen LogP contribution >= 0.6 is 0 Å². The molecule has 0 aliphatic carbocycles. The summed E-state index contributed by atoms with van der Waals surface area (Å²) in [6, 6.07) is 6.03. The zero-order valence-electron chi connectivity index (χ0n) is 11.1. The zero-order valence-corrected chi connectivity index (χ0v) is 11.1. The molecule has 2 N–H and O–H groups in total. The summed E-state index contributed by atoms with van der Waals surface area (Å²) in [6.45, 7) is 2.92. The van der Waals surface area contributed by atoms with Gasteiger partial charge in [-0.25, -0.2) is 0 Å². The minimum atomic E-state index is 0.210. The molecule has 96 valence electrons. The molecular weight excluding hydrogens is 216 g/mol. The maximum absolute atomic E-state index is 5.76. The summed E-state index contributed by atoms with van der Waals surface area (Å²) in [5.74, 6) is 1.61. The van der Waals surface area contributed by atoms with Crippen LogP contribution in [0.25, 0.3) is 0 Å². The lowest BCUT2D eigenvalue weighted by molar-refractivity contribution is 0.394. The van der Waals surface area contributed by atoms with E-state index >= 15 is 0 Å². The molecule has 1 aromatic carbocycles. The Morgan fingerprint density at radius 3 is 2.53 bits per heavy atom. The van der Waals surface area contributed by atoms with Crippen molar-refractivity contribution in [2.75, 3.05) is 32.7 Å². The topological polar surface area (TPSA) is 47.7 Å². The van der Waals surface area contributed by atoms with Gasteiger partial charge in [0.15, 0.2) is 0 Å². The lowest BCUT2D eigenvalue weighted by Crippen LogP contribution is -2.26. The average Bonchev–Trinajstić information content (AvgIpc) is 2.34. The van der Waals surface area contributed by atoms with Gasteiger partial charge in [0.2, 0.25) is 0 Å². The van der Waals surface area contributed by atoms with Gasteiger partial charge in [0, 0.05) is 25.7 Å². The largest absolute Gasteiger partial charge is 0.497 e. The third-order valence-electron chi connectivity index (χ3n) is 2.72. The molecule has 0 aliphatic heterocycles. The van der Waals surface area contributed by atoms with E-state index in [2.05, 4.69) is 4.90 Å². The van der Waals surface area contributed by atoms with Crippen LogP contribution < -0.4 is 20.1 Å². The van der Waals surface area contributed by atoms with Crippen LogP contribution in [0.3, 0.4) is 0 Å². The Hall–Kier alpha value is -1.42. The van der Waals surface area contributed by atoms with E-state index in [1.807, 2.05) is 32.2 Å². The second kappa shape index (κ2) is 6.35. The van der Waals surface area contributed by atoms with Crippen LogP contribution in [0.1, 0.15) is 13.3 Å². The monoisotopic (exact) mass is 238 g/mol. The van der Waals surface area contributed by atoms with Crippen molar-refractivity contribution in [2.45, 2.75) is 19.4 Å². The van der Waals surface area contributed by atoms with Gasteiger partial charge in [0.1, 0.15) is 11.5 Å². The highest BCUT2D eigenvalue weighted by Gasteiger charge is 2.09. The summed E-state index contributed by atoms with van der Waals surface area (Å²) in [5.41, 5.74) is 6.81. The van der Waals surface area contributed by atoms with E-state index in [4.69, 9.17) is 15.2 Å². The predicted molar refractivity (Wildman–Crippen MR) is 71.1 cm³/mol. The maximum atomic E-state index is 5.76. The number of hydrogen-bond donors (Lipinski definition) is 1. The number of nitrogens with zero attached hydrogens (tertiary/aromatic N) is 1. The fourth-order valence-electron chi connectivity index (χ4n) is 1.62. The smallest absolute Gasteiger partial charge is 0.145 e. The maximum Gasteiger partial charge on any atom is 0.145 e. The van der Waals surface area contributed by atoms with Gasteiger partial charge in [-0.3, -0.25) is 0 Å². The number of methoxy groups -OCH3 is 2. The molecule has 0 aromatic heterocycles. The third-order valence-corrected chi connectivity index (χ3v) is 2.72. The molecule has 1 rings (SSSR count). The summed E-state index contributed by atoms with van der Waals surface area (Å²) in [5, 5.41) is 0. The summed E-state index contributed by atoms with van der Waals surface area (Å²) in [7, 11) is 5.35. The van der Waals surface area contributed by atoms with Crippen LogP contribution in [0, 0.1) is 0 Å². The first-order chi connectivity index (χ1) is 8.08. The second-order valence-electron chi connectivity index (χ2n) is 4.23. The molecule has 0 heterocycles. The Morgan fingerprint density at radius 2 is 2.00 bits per heavy atom. The minimum Gasteiger partial charge on any atom is -0.497 e. The lowest BCUT2D eigenvalue weighted by Gasteiger charge is -2.22. The van der Waals surface area contributed by atoms with Gasteiger partial charge >= 0.3 is 0 Å². The van der Waals surface area contributed by atoms with Crippen LogP contribution in [-0.2, 0) is 0 Å². The van der Waals surface area contributed by atoms with Crippen molar-refractivity contribution in [2.24, 2.45) is 5.73 Å². The van der Waals surface area contributed by atoms with Gasteiger partial charge in [-0.2, -0.15) is 0 Å². The Labute approximate surface area is 103 Å². The van der Waals surface area contributed by atoms with Crippen LogP contribution in [0.4, 0.5) is 5.69 Å². The number of anilines is 1. The SMILES string of the molecule is COc1ccc(N(C)CCC(C)N)c(OC)c1. The quantitative estimate of drug-likeness (QED) is 0.822. The van der Waals surface area contributed by atoms with Gasteiger partial charge < -0.3 is 20.1 Å². The van der Waals surface area contributed by atoms with Crippen molar-refractivity contribution in [3.63, 3.8) is 0 Å². The Balaban J connectivity index is 2.81. The van der Waals surface area contributed by atoms with Gasteiger partial charge in [0.25, 0.3) is 0 Å². The summed E-state index contributed by atoms with van der Waals surface area (Å²) >= 11 is 0. The highest BCUT2D eigenvalue weighted by atomic mass is 16.5. The highest BCUT2D eigenvalue weighted by Crippen LogP contribution is 2.31. The molecular formula is C13H22N2O2. The number of benzene rings is 1. The first kappa shape index (κ1) is 13.6. The Kier molecular flexibility index (Phi) is 5.10. The van der Waals surface area contributed by atoms with Crippen molar-refractivity contribution in [1.29, 1.82) is 0 Å². The van der Waals surface area contributed by atoms with Crippen LogP contribution in [0.2, 0.25) is 0 Å². The van der Waals surface area contributed by atoms with E-state index in [0.717, 1.165) is 30.2 Å². The van der Waals surface area contributed by atoms with E-state index in [1.54, 1.807) is 14.2 Å². The average molecular weight is 238 g/mol. The molecule has 0 saturated heterocycles. The van der Waals surface area contributed by atoms with Gasteiger partial charge in [-0.05, 0) is 25.5 Å². The molecule has 0 amide bonds. The number of rotatable bonds is 6. The molecule has 0 spiro atoms.